The molecular formula is C19H20N2O5. The molecule has 2 unspecified atom stereocenters. The quantitative estimate of drug-likeness (QED) is 0.638. The van der Waals surface area contributed by atoms with E-state index in [0.29, 0.717) is 17.2 Å². The molecule has 1 aliphatic heterocycles. The highest BCUT2D eigenvalue weighted by atomic mass is 16.5. The van der Waals surface area contributed by atoms with Crippen molar-refractivity contribution >= 4 is 23.4 Å². The van der Waals surface area contributed by atoms with Crippen molar-refractivity contribution < 1.29 is 23.9 Å². The van der Waals surface area contributed by atoms with E-state index in [2.05, 4.69) is 5.32 Å². The van der Waals surface area contributed by atoms with E-state index in [0.717, 1.165) is 11.3 Å². The van der Waals surface area contributed by atoms with Crippen LogP contribution < -0.4 is 14.8 Å². The molecule has 1 N–H and O–H groups in total. The van der Waals surface area contributed by atoms with Gasteiger partial charge in [-0.25, -0.2) is 0 Å². The molecule has 4 atom stereocenters. The lowest BCUT2D eigenvalue weighted by molar-refractivity contribution is -0.143. The van der Waals surface area contributed by atoms with E-state index in [1.807, 2.05) is 12.2 Å². The number of benzene rings is 1. The number of carbonyl (C=O) groups excluding carboxylic acids is 3. The predicted molar refractivity (Wildman–Crippen MR) is 92.6 cm³/mol. The summed E-state index contributed by atoms with van der Waals surface area (Å²) in [5.41, 5.74) is 0.429. The first-order valence-electron chi connectivity index (χ1n) is 8.59. The van der Waals surface area contributed by atoms with Crippen LogP contribution in [0.2, 0.25) is 0 Å². The van der Waals surface area contributed by atoms with Gasteiger partial charge >= 0.3 is 0 Å². The number of nitrogens with zero attached hydrogens (tertiary/aromatic N) is 1. The third-order valence-electron chi connectivity index (χ3n) is 5.54. The van der Waals surface area contributed by atoms with Crippen LogP contribution in [0, 0.1) is 23.7 Å². The van der Waals surface area contributed by atoms with Gasteiger partial charge in [0, 0.05) is 6.07 Å². The van der Waals surface area contributed by atoms with E-state index >= 15 is 0 Å². The Morgan fingerprint density at radius 1 is 1.12 bits per heavy atom. The highest BCUT2D eigenvalue weighted by molar-refractivity contribution is 6.09. The number of amides is 3. The minimum Gasteiger partial charge on any atom is -0.497 e. The van der Waals surface area contributed by atoms with Gasteiger partial charge in [-0.2, -0.15) is 0 Å². The molecule has 4 rings (SSSR count). The van der Waals surface area contributed by atoms with Crippen LogP contribution in [0.4, 0.5) is 5.69 Å². The summed E-state index contributed by atoms with van der Waals surface area (Å²) in [6, 6.07) is 5.02. The summed E-state index contributed by atoms with van der Waals surface area (Å²) < 4.78 is 10.4. The molecule has 1 heterocycles. The molecule has 7 heteroatoms. The fourth-order valence-electron chi connectivity index (χ4n) is 4.36. The van der Waals surface area contributed by atoms with E-state index < -0.39 is 5.91 Å². The molecule has 0 spiro atoms. The lowest BCUT2D eigenvalue weighted by Crippen LogP contribution is -2.39. The maximum Gasteiger partial charge on any atom is 0.244 e. The van der Waals surface area contributed by atoms with Crippen LogP contribution in [-0.2, 0) is 14.4 Å². The Hall–Kier alpha value is -2.83. The van der Waals surface area contributed by atoms with Gasteiger partial charge in [-0.05, 0) is 30.4 Å². The Kier molecular flexibility index (Phi) is 3.94. The van der Waals surface area contributed by atoms with Crippen LogP contribution >= 0.6 is 0 Å². The van der Waals surface area contributed by atoms with Crippen molar-refractivity contribution in [3.05, 3.63) is 30.4 Å². The van der Waals surface area contributed by atoms with Crippen LogP contribution in [0.25, 0.3) is 0 Å². The number of hydrogen-bond donors (Lipinski definition) is 1. The number of fused-ring (bicyclic) bond motifs is 5. The second-order valence-corrected chi connectivity index (χ2v) is 6.88. The van der Waals surface area contributed by atoms with Gasteiger partial charge in [0.15, 0.2) is 0 Å². The molecule has 0 radical (unpaired) electrons. The van der Waals surface area contributed by atoms with E-state index in [-0.39, 0.29) is 42.0 Å². The zero-order valence-corrected chi connectivity index (χ0v) is 14.6. The molecule has 1 aromatic carbocycles. The normalized spacial score (nSPS) is 28.5. The fourth-order valence-corrected chi connectivity index (χ4v) is 4.36. The summed E-state index contributed by atoms with van der Waals surface area (Å²) in [6.07, 6.45) is 4.93. The molecular weight excluding hydrogens is 336 g/mol. The number of nitrogens with one attached hydrogen (secondary N) is 1. The Labute approximate surface area is 150 Å². The number of imide groups is 1. The number of carbonyl (C=O) groups is 3. The number of rotatable bonds is 5. The minimum absolute atomic E-state index is 0.132. The summed E-state index contributed by atoms with van der Waals surface area (Å²) in [7, 11) is 3.02. The van der Waals surface area contributed by atoms with Gasteiger partial charge in [0.2, 0.25) is 17.7 Å². The standard InChI is InChI=1S/C19H20N2O5/c1-25-12-5-6-14(26-2)13(8-12)20-15(22)9-21-18(23)16-10-3-4-11(7-10)17(16)19(21)24/h3-6,8,10-11,16-17H,7,9H2,1-2H3,(H,20,22)/t10-,11+,16?,17?. The summed E-state index contributed by atoms with van der Waals surface area (Å²) in [5, 5.41) is 2.70. The van der Waals surface area contributed by atoms with Gasteiger partial charge in [-0.1, -0.05) is 12.2 Å². The predicted octanol–water partition coefficient (Wildman–Crippen LogP) is 1.45. The highest BCUT2D eigenvalue weighted by Crippen LogP contribution is 2.52. The Balaban J connectivity index is 1.48. The molecule has 1 saturated heterocycles. The average Bonchev–Trinajstić information content (AvgIpc) is 3.31. The van der Waals surface area contributed by atoms with Crippen molar-refractivity contribution in [2.24, 2.45) is 23.7 Å². The molecule has 0 aromatic heterocycles. The first kappa shape index (κ1) is 16.6. The van der Waals surface area contributed by atoms with Crippen LogP contribution in [-0.4, -0.2) is 43.4 Å². The van der Waals surface area contributed by atoms with Crippen molar-refractivity contribution in [2.75, 3.05) is 26.1 Å². The molecule has 2 fully saturated rings. The monoisotopic (exact) mass is 356 g/mol. The van der Waals surface area contributed by atoms with E-state index in [1.165, 1.54) is 14.2 Å². The fraction of sp³-hybridized carbons (Fsp3) is 0.421. The summed E-state index contributed by atoms with van der Waals surface area (Å²) >= 11 is 0. The van der Waals surface area contributed by atoms with E-state index in [4.69, 9.17) is 9.47 Å². The Morgan fingerprint density at radius 3 is 2.35 bits per heavy atom. The average molecular weight is 356 g/mol. The van der Waals surface area contributed by atoms with Gasteiger partial charge in [-0.15, -0.1) is 0 Å². The zero-order valence-electron chi connectivity index (χ0n) is 14.6. The Bertz CT molecular complexity index is 788. The number of hydrogen-bond acceptors (Lipinski definition) is 5. The molecule has 3 amide bonds. The van der Waals surface area contributed by atoms with Crippen molar-refractivity contribution in [2.45, 2.75) is 6.42 Å². The first-order chi connectivity index (χ1) is 12.5. The number of likely N-dealkylation sites (tertiary alicyclic amines) is 1. The van der Waals surface area contributed by atoms with Gasteiger partial charge in [0.1, 0.15) is 18.0 Å². The van der Waals surface area contributed by atoms with Crippen molar-refractivity contribution in [1.29, 1.82) is 0 Å². The molecule has 2 aliphatic carbocycles. The Morgan fingerprint density at radius 2 is 1.77 bits per heavy atom. The van der Waals surface area contributed by atoms with E-state index in [9.17, 15) is 14.4 Å². The summed E-state index contributed by atoms with van der Waals surface area (Å²) in [6.45, 7) is -0.287. The highest BCUT2D eigenvalue weighted by Gasteiger charge is 2.59. The number of allylic oxidation sites excluding steroid dienone is 2. The molecule has 1 aromatic rings. The number of methoxy groups -OCH3 is 2. The number of anilines is 1. The second-order valence-electron chi connectivity index (χ2n) is 6.88. The SMILES string of the molecule is COc1ccc(OC)c(NC(=O)CN2C(=O)C3C(C2=O)[C@H]2C=C[C@@H]3C2)c1. The van der Waals surface area contributed by atoms with E-state index in [1.54, 1.807) is 18.2 Å². The summed E-state index contributed by atoms with van der Waals surface area (Å²) in [5.74, 6) is -0.203. The first-order valence-corrected chi connectivity index (χ1v) is 8.59. The van der Waals surface area contributed by atoms with Gasteiger partial charge in [0.25, 0.3) is 0 Å². The van der Waals surface area contributed by atoms with Gasteiger partial charge < -0.3 is 14.8 Å². The van der Waals surface area contributed by atoms with Crippen molar-refractivity contribution in [3.63, 3.8) is 0 Å². The lowest BCUT2D eigenvalue weighted by Gasteiger charge is -2.17. The zero-order chi connectivity index (χ0) is 18.4. The molecule has 136 valence electrons. The lowest BCUT2D eigenvalue weighted by atomic mass is 9.85. The van der Waals surface area contributed by atoms with Gasteiger partial charge in [0.05, 0.1) is 31.7 Å². The molecule has 2 bridgehead atoms. The van der Waals surface area contributed by atoms with Crippen molar-refractivity contribution in [1.82, 2.24) is 4.90 Å². The van der Waals surface area contributed by atoms with Crippen LogP contribution in [0.5, 0.6) is 11.5 Å². The largest absolute Gasteiger partial charge is 0.497 e. The third kappa shape index (κ3) is 2.46. The van der Waals surface area contributed by atoms with Crippen molar-refractivity contribution in [3.8, 4) is 11.5 Å². The maximum absolute atomic E-state index is 12.6. The topological polar surface area (TPSA) is 84.9 Å². The molecule has 3 aliphatic rings. The molecule has 7 nitrogen and oxygen atoms in total. The molecule has 26 heavy (non-hydrogen) atoms. The smallest absolute Gasteiger partial charge is 0.244 e. The second kappa shape index (κ2) is 6.16. The summed E-state index contributed by atoms with van der Waals surface area (Å²) in [4.78, 5) is 38.8. The maximum atomic E-state index is 12.6. The minimum atomic E-state index is -0.446. The third-order valence-corrected chi connectivity index (χ3v) is 5.54. The van der Waals surface area contributed by atoms with Crippen LogP contribution in [0.15, 0.2) is 30.4 Å². The van der Waals surface area contributed by atoms with Gasteiger partial charge in [-0.3, -0.25) is 19.3 Å². The number of ether oxygens (including phenoxy) is 2. The molecule has 1 saturated carbocycles. The van der Waals surface area contributed by atoms with Crippen LogP contribution in [0.1, 0.15) is 6.42 Å². The van der Waals surface area contributed by atoms with Crippen LogP contribution in [0.3, 0.4) is 0 Å².